The third-order valence-electron chi connectivity index (χ3n) is 4.35. The lowest BCUT2D eigenvalue weighted by atomic mass is 9.85. The maximum absolute atomic E-state index is 6.22. The lowest BCUT2D eigenvalue weighted by molar-refractivity contribution is -0.155. The molecule has 3 heteroatoms. The van der Waals surface area contributed by atoms with Crippen molar-refractivity contribution in [1.29, 1.82) is 0 Å². The second-order valence-corrected chi connectivity index (χ2v) is 6.20. The van der Waals surface area contributed by atoms with E-state index in [1.165, 1.54) is 11.1 Å². The van der Waals surface area contributed by atoms with Gasteiger partial charge >= 0.3 is 0 Å². The molecule has 1 atom stereocenters. The highest BCUT2D eigenvalue weighted by Gasteiger charge is 2.39. The summed E-state index contributed by atoms with van der Waals surface area (Å²) < 4.78 is 17.7. The number of hydrogen-bond acceptors (Lipinski definition) is 3. The molecule has 2 aliphatic heterocycles. The van der Waals surface area contributed by atoms with Crippen molar-refractivity contribution in [3.63, 3.8) is 0 Å². The summed E-state index contributed by atoms with van der Waals surface area (Å²) in [6.45, 7) is 6.66. The zero-order valence-corrected chi connectivity index (χ0v) is 12.5. The van der Waals surface area contributed by atoms with Gasteiger partial charge in [0.25, 0.3) is 0 Å². The highest BCUT2D eigenvalue weighted by atomic mass is 16.5. The summed E-state index contributed by atoms with van der Waals surface area (Å²) in [7, 11) is 0. The van der Waals surface area contributed by atoms with Crippen LogP contribution in [0.15, 0.2) is 18.2 Å². The largest absolute Gasteiger partial charge is 0.490 e. The van der Waals surface area contributed by atoms with Crippen molar-refractivity contribution in [2.75, 3.05) is 19.8 Å². The van der Waals surface area contributed by atoms with Gasteiger partial charge in [0.05, 0.1) is 12.2 Å². The van der Waals surface area contributed by atoms with Gasteiger partial charge in [-0.05, 0) is 49.9 Å². The van der Waals surface area contributed by atoms with Crippen LogP contribution in [-0.2, 0) is 9.47 Å². The maximum atomic E-state index is 6.22. The van der Waals surface area contributed by atoms with Gasteiger partial charge in [0, 0.05) is 26.1 Å². The number of hydrogen-bond donors (Lipinski definition) is 0. The van der Waals surface area contributed by atoms with E-state index in [1.807, 2.05) is 0 Å². The Balaban J connectivity index is 1.67. The topological polar surface area (TPSA) is 27.7 Å². The fraction of sp³-hybridized carbons (Fsp3) is 0.647. The highest BCUT2D eigenvalue weighted by molar-refractivity contribution is 5.33. The SMILES string of the molecule is Cc1cc(C)cc(OC2CCOC3(CCOCC3)C2)c1. The normalized spacial score (nSPS) is 25.6. The quantitative estimate of drug-likeness (QED) is 0.828. The predicted molar refractivity (Wildman–Crippen MR) is 78.3 cm³/mol. The molecule has 1 aromatic rings. The van der Waals surface area contributed by atoms with Crippen LogP contribution >= 0.6 is 0 Å². The smallest absolute Gasteiger partial charge is 0.120 e. The molecule has 0 aliphatic carbocycles. The fourth-order valence-electron chi connectivity index (χ4n) is 3.37. The first-order chi connectivity index (χ1) is 9.65. The van der Waals surface area contributed by atoms with Crippen LogP contribution in [0.1, 0.15) is 36.8 Å². The summed E-state index contributed by atoms with van der Waals surface area (Å²) in [6.07, 6.45) is 4.24. The Kier molecular flexibility index (Phi) is 3.99. The Morgan fingerprint density at radius 3 is 2.45 bits per heavy atom. The molecule has 0 bridgehead atoms. The van der Waals surface area contributed by atoms with Crippen molar-refractivity contribution in [2.24, 2.45) is 0 Å². The van der Waals surface area contributed by atoms with Gasteiger partial charge in [0.2, 0.25) is 0 Å². The summed E-state index contributed by atoms with van der Waals surface area (Å²) >= 11 is 0. The molecular formula is C17H24O3. The van der Waals surface area contributed by atoms with Crippen LogP contribution in [0.2, 0.25) is 0 Å². The van der Waals surface area contributed by atoms with E-state index in [9.17, 15) is 0 Å². The van der Waals surface area contributed by atoms with E-state index in [0.717, 1.165) is 51.3 Å². The zero-order chi connectivity index (χ0) is 14.0. The summed E-state index contributed by atoms with van der Waals surface area (Å²) in [6, 6.07) is 6.43. The van der Waals surface area contributed by atoms with Crippen molar-refractivity contribution in [1.82, 2.24) is 0 Å². The molecule has 2 fully saturated rings. The number of ether oxygens (including phenoxy) is 3. The van der Waals surface area contributed by atoms with E-state index in [4.69, 9.17) is 14.2 Å². The van der Waals surface area contributed by atoms with Gasteiger partial charge in [-0.2, -0.15) is 0 Å². The molecular weight excluding hydrogens is 252 g/mol. The molecule has 2 saturated heterocycles. The van der Waals surface area contributed by atoms with Crippen LogP contribution in [-0.4, -0.2) is 31.5 Å². The molecule has 1 spiro atoms. The third kappa shape index (κ3) is 3.15. The lowest BCUT2D eigenvalue weighted by Crippen LogP contribution is -2.47. The van der Waals surface area contributed by atoms with Gasteiger partial charge < -0.3 is 14.2 Å². The molecule has 0 radical (unpaired) electrons. The Morgan fingerprint density at radius 2 is 1.75 bits per heavy atom. The van der Waals surface area contributed by atoms with E-state index in [2.05, 4.69) is 32.0 Å². The van der Waals surface area contributed by atoms with Crippen molar-refractivity contribution in [3.8, 4) is 5.75 Å². The minimum Gasteiger partial charge on any atom is -0.490 e. The molecule has 0 aromatic heterocycles. The number of aryl methyl sites for hydroxylation is 2. The van der Waals surface area contributed by atoms with Gasteiger partial charge in [-0.25, -0.2) is 0 Å². The molecule has 0 N–H and O–H groups in total. The van der Waals surface area contributed by atoms with Crippen molar-refractivity contribution in [3.05, 3.63) is 29.3 Å². The van der Waals surface area contributed by atoms with Gasteiger partial charge in [-0.1, -0.05) is 6.07 Å². The first-order valence-electron chi connectivity index (χ1n) is 7.62. The summed E-state index contributed by atoms with van der Waals surface area (Å²) in [4.78, 5) is 0. The number of rotatable bonds is 2. The van der Waals surface area contributed by atoms with Crippen molar-refractivity contribution >= 4 is 0 Å². The van der Waals surface area contributed by atoms with E-state index in [1.54, 1.807) is 0 Å². The van der Waals surface area contributed by atoms with E-state index >= 15 is 0 Å². The predicted octanol–water partition coefficient (Wildman–Crippen LogP) is 3.41. The van der Waals surface area contributed by atoms with E-state index in [-0.39, 0.29) is 11.7 Å². The van der Waals surface area contributed by atoms with Crippen LogP contribution in [0.25, 0.3) is 0 Å². The van der Waals surface area contributed by atoms with Gasteiger partial charge in [0.1, 0.15) is 11.9 Å². The molecule has 2 aliphatic rings. The summed E-state index contributed by atoms with van der Waals surface area (Å²) in [5.74, 6) is 0.997. The first kappa shape index (κ1) is 13.9. The van der Waals surface area contributed by atoms with Crippen molar-refractivity contribution in [2.45, 2.75) is 51.2 Å². The first-order valence-corrected chi connectivity index (χ1v) is 7.62. The van der Waals surface area contributed by atoms with Gasteiger partial charge in [-0.3, -0.25) is 0 Å². The van der Waals surface area contributed by atoms with E-state index in [0.29, 0.717) is 0 Å². The molecule has 0 amide bonds. The molecule has 3 rings (SSSR count). The molecule has 1 unspecified atom stereocenters. The summed E-state index contributed by atoms with van der Waals surface area (Å²) in [5.41, 5.74) is 2.51. The lowest BCUT2D eigenvalue weighted by Gasteiger charge is -2.43. The monoisotopic (exact) mass is 276 g/mol. The molecule has 3 nitrogen and oxygen atoms in total. The number of benzene rings is 1. The Hall–Kier alpha value is -1.06. The van der Waals surface area contributed by atoms with Crippen LogP contribution in [0.5, 0.6) is 5.75 Å². The molecule has 1 aromatic carbocycles. The van der Waals surface area contributed by atoms with Gasteiger partial charge in [0.15, 0.2) is 0 Å². The molecule has 110 valence electrons. The minimum atomic E-state index is 0.0000360. The summed E-state index contributed by atoms with van der Waals surface area (Å²) in [5, 5.41) is 0. The second kappa shape index (κ2) is 5.74. The average molecular weight is 276 g/mol. The van der Waals surface area contributed by atoms with E-state index < -0.39 is 0 Å². The van der Waals surface area contributed by atoms with Gasteiger partial charge in [-0.15, -0.1) is 0 Å². The Labute approximate surface area is 121 Å². The second-order valence-electron chi connectivity index (χ2n) is 6.20. The Morgan fingerprint density at radius 1 is 1.05 bits per heavy atom. The van der Waals surface area contributed by atoms with Crippen LogP contribution in [0, 0.1) is 13.8 Å². The third-order valence-corrected chi connectivity index (χ3v) is 4.35. The molecule has 2 heterocycles. The fourth-order valence-corrected chi connectivity index (χ4v) is 3.37. The minimum absolute atomic E-state index is 0.0000360. The molecule has 0 saturated carbocycles. The van der Waals surface area contributed by atoms with Crippen molar-refractivity contribution < 1.29 is 14.2 Å². The standard InChI is InChI=1S/C17H24O3/c1-13-9-14(2)11-16(10-13)20-15-3-6-19-17(12-15)4-7-18-8-5-17/h9-11,15H,3-8,12H2,1-2H3. The van der Waals surface area contributed by atoms with Crippen LogP contribution in [0.4, 0.5) is 0 Å². The van der Waals surface area contributed by atoms with Crippen LogP contribution in [0.3, 0.4) is 0 Å². The Bertz CT molecular complexity index is 438. The zero-order valence-electron chi connectivity index (χ0n) is 12.5. The highest BCUT2D eigenvalue weighted by Crippen LogP contribution is 2.35. The molecule has 20 heavy (non-hydrogen) atoms. The maximum Gasteiger partial charge on any atom is 0.120 e. The van der Waals surface area contributed by atoms with Crippen LogP contribution < -0.4 is 4.74 Å². The average Bonchev–Trinajstić information content (AvgIpc) is 2.38.